The van der Waals surface area contributed by atoms with Crippen LogP contribution in [0.25, 0.3) is 10.6 Å². The van der Waals surface area contributed by atoms with Gasteiger partial charge in [-0.2, -0.15) is 5.10 Å². The lowest BCUT2D eigenvalue weighted by atomic mass is 10.3. The summed E-state index contributed by atoms with van der Waals surface area (Å²) in [6.07, 6.45) is 0. The SMILES string of the molecule is Nc1n[nH]c(-c2cc(Br)c(Br)s2)c1F. The van der Waals surface area contributed by atoms with Gasteiger partial charge in [0, 0.05) is 4.47 Å². The van der Waals surface area contributed by atoms with Crippen molar-refractivity contribution in [2.24, 2.45) is 0 Å². The minimum atomic E-state index is -0.508. The number of nitrogens with one attached hydrogen (secondary N) is 1. The van der Waals surface area contributed by atoms with E-state index in [1.165, 1.54) is 11.3 Å². The van der Waals surface area contributed by atoms with Crippen LogP contribution in [0.1, 0.15) is 0 Å². The fourth-order valence-corrected chi connectivity index (χ4v) is 3.00. The standard InChI is InChI=1S/C7H4Br2FN3S/c8-2-1-3(14-6(2)9)5-4(10)7(11)13-12-5/h1H,(H3,11,12,13). The van der Waals surface area contributed by atoms with Crippen LogP contribution in [-0.2, 0) is 0 Å². The molecule has 3 nitrogen and oxygen atoms in total. The third-order valence-electron chi connectivity index (χ3n) is 1.62. The van der Waals surface area contributed by atoms with E-state index in [2.05, 4.69) is 42.1 Å². The number of anilines is 1. The van der Waals surface area contributed by atoms with Gasteiger partial charge < -0.3 is 5.73 Å². The van der Waals surface area contributed by atoms with Gasteiger partial charge in [-0.05, 0) is 37.9 Å². The predicted octanol–water partition coefficient (Wildman–Crippen LogP) is 3.38. The first kappa shape index (κ1) is 10.1. The topological polar surface area (TPSA) is 54.7 Å². The summed E-state index contributed by atoms with van der Waals surface area (Å²) < 4.78 is 15.1. The van der Waals surface area contributed by atoms with Gasteiger partial charge in [0.15, 0.2) is 11.6 Å². The molecule has 74 valence electrons. The Hall–Kier alpha value is -0.400. The van der Waals surface area contributed by atoms with Gasteiger partial charge in [-0.3, -0.25) is 5.10 Å². The number of aromatic amines is 1. The number of nitrogens with two attached hydrogens (primary N) is 1. The molecular formula is C7H4Br2FN3S. The van der Waals surface area contributed by atoms with E-state index in [-0.39, 0.29) is 5.82 Å². The number of nitrogens with zero attached hydrogens (tertiary/aromatic N) is 1. The summed E-state index contributed by atoms with van der Waals surface area (Å²) in [4.78, 5) is 0.741. The van der Waals surface area contributed by atoms with Crippen molar-refractivity contribution in [2.45, 2.75) is 0 Å². The van der Waals surface area contributed by atoms with Crippen molar-refractivity contribution in [3.05, 3.63) is 20.1 Å². The Labute approximate surface area is 99.8 Å². The Morgan fingerprint density at radius 3 is 2.64 bits per heavy atom. The Bertz CT molecular complexity index is 460. The third-order valence-corrected chi connectivity index (χ3v) is 4.90. The second-order valence-corrected chi connectivity index (χ2v) is 5.75. The van der Waals surface area contributed by atoms with Crippen LogP contribution >= 0.6 is 43.2 Å². The van der Waals surface area contributed by atoms with E-state index in [1.807, 2.05) is 0 Å². The molecule has 0 saturated heterocycles. The summed E-state index contributed by atoms with van der Waals surface area (Å²) in [5.41, 5.74) is 5.61. The highest BCUT2D eigenvalue weighted by Gasteiger charge is 2.15. The first-order chi connectivity index (χ1) is 6.59. The van der Waals surface area contributed by atoms with Crippen molar-refractivity contribution < 1.29 is 4.39 Å². The van der Waals surface area contributed by atoms with Gasteiger partial charge in [-0.15, -0.1) is 11.3 Å². The lowest BCUT2D eigenvalue weighted by molar-refractivity contribution is 0.637. The molecule has 0 spiro atoms. The summed E-state index contributed by atoms with van der Waals surface area (Å²) in [5, 5.41) is 6.13. The van der Waals surface area contributed by atoms with E-state index in [0.29, 0.717) is 5.69 Å². The van der Waals surface area contributed by atoms with Gasteiger partial charge in [-0.25, -0.2) is 4.39 Å². The van der Waals surface area contributed by atoms with E-state index in [4.69, 9.17) is 5.73 Å². The number of hydrogen-bond donors (Lipinski definition) is 2. The molecule has 2 aromatic rings. The van der Waals surface area contributed by atoms with E-state index >= 15 is 0 Å². The summed E-state index contributed by atoms with van der Waals surface area (Å²) in [5.74, 6) is -0.619. The zero-order valence-corrected chi connectivity index (χ0v) is 10.6. The number of thiophene rings is 1. The molecule has 0 aliphatic heterocycles. The third kappa shape index (κ3) is 1.59. The monoisotopic (exact) mass is 339 g/mol. The van der Waals surface area contributed by atoms with Crippen LogP contribution in [0.3, 0.4) is 0 Å². The van der Waals surface area contributed by atoms with Crippen molar-refractivity contribution in [2.75, 3.05) is 5.73 Å². The number of H-pyrrole nitrogens is 1. The Morgan fingerprint density at radius 1 is 1.50 bits per heavy atom. The first-order valence-electron chi connectivity index (χ1n) is 3.54. The zero-order valence-electron chi connectivity index (χ0n) is 6.64. The van der Waals surface area contributed by atoms with Gasteiger partial charge >= 0.3 is 0 Å². The number of aromatic nitrogens is 2. The molecule has 0 unspecified atom stereocenters. The highest BCUT2D eigenvalue weighted by Crippen LogP contribution is 2.38. The second-order valence-electron chi connectivity index (χ2n) is 2.53. The average Bonchev–Trinajstić information content (AvgIpc) is 2.61. The maximum Gasteiger partial charge on any atom is 0.193 e. The summed E-state index contributed by atoms with van der Waals surface area (Å²) in [6, 6.07) is 1.80. The van der Waals surface area contributed by atoms with Crippen molar-refractivity contribution in [3.63, 3.8) is 0 Å². The number of nitrogen functional groups attached to an aromatic ring is 1. The molecule has 0 aliphatic carbocycles. The van der Waals surface area contributed by atoms with Gasteiger partial charge in [0.05, 0.1) is 8.66 Å². The van der Waals surface area contributed by atoms with Crippen LogP contribution in [0, 0.1) is 5.82 Å². The molecule has 2 rings (SSSR count). The molecular weight excluding hydrogens is 337 g/mol. The Morgan fingerprint density at radius 2 is 2.21 bits per heavy atom. The van der Waals surface area contributed by atoms with Gasteiger partial charge in [-0.1, -0.05) is 0 Å². The summed E-state index contributed by atoms with van der Waals surface area (Å²) in [6.45, 7) is 0. The average molecular weight is 341 g/mol. The summed E-state index contributed by atoms with van der Waals surface area (Å²) >= 11 is 8.05. The maximum atomic E-state index is 13.3. The lowest BCUT2D eigenvalue weighted by Gasteiger charge is -1.89. The van der Waals surface area contributed by atoms with Crippen molar-refractivity contribution in [3.8, 4) is 10.6 Å². The quantitative estimate of drug-likeness (QED) is 0.836. The largest absolute Gasteiger partial charge is 0.380 e. The van der Waals surface area contributed by atoms with Crippen LogP contribution in [0.15, 0.2) is 14.3 Å². The molecule has 2 aromatic heterocycles. The molecule has 0 aliphatic rings. The molecule has 0 amide bonds. The minimum Gasteiger partial charge on any atom is -0.380 e. The zero-order chi connectivity index (χ0) is 10.3. The van der Waals surface area contributed by atoms with Gasteiger partial charge in [0.25, 0.3) is 0 Å². The number of halogens is 3. The molecule has 3 N–H and O–H groups in total. The molecule has 0 radical (unpaired) electrons. The van der Waals surface area contributed by atoms with Crippen LogP contribution in [-0.4, -0.2) is 10.2 Å². The molecule has 0 aromatic carbocycles. The van der Waals surface area contributed by atoms with E-state index in [9.17, 15) is 4.39 Å². The Balaban J connectivity index is 2.54. The lowest BCUT2D eigenvalue weighted by Crippen LogP contribution is -1.86. The van der Waals surface area contributed by atoms with Crippen LogP contribution in [0.5, 0.6) is 0 Å². The molecule has 0 fully saturated rings. The molecule has 2 heterocycles. The van der Waals surface area contributed by atoms with Crippen LogP contribution in [0.2, 0.25) is 0 Å². The van der Waals surface area contributed by atoms with Crippen LogP contribution in [0.4, 0.5) is 10.2 Å². The molecule has 0 saturated carbocycles. The second kappa shape index (κ2) is 3.63. The van der Waals surface area contributed by atoms with Crippen molar-refractivity contribution >= 4 is 49.0 Å². The minimum absolute atomic E-state index is 0.111. The highest BCUT2D eigenvalue weighted by atomic mass is 79.9. The Kier molecular flexibility index (Phi) is 2.63. The normalized spacial score (nSPS) is 10.8. The van der Waals surface area contributed by atoms with Crippen molar-refractivity contribution in [1.82, 2.24) is 10.2 Å². The number of hydrogen-bond acceptors (Lipinski definition) is 3. The van der Waals surface area contributed by atoms with Gasteiger partial charge in [0.1, 0.15) is 5.69 Å². The highest BCUT2D eigenvalue weighted by molar-refractivity contribution is 9.13. The fraction of sp³-hybridized carbons (Fsp3) is 0. The fourth-order valence-electron chi connectivity index (χ4n) is 0.975. The van der Waals surface area contributed by atoms with Gasteiger partial charge in [0.2, 0.25) is 0 Å². The summed E-state index contributed by atoms with van der Waals surface area (Å²) in [7, 11) is 0. The maximum absolute atomic E-state index is 13.3. The predicted molar refractivity (Wildman–Crippen MR) is 61.7 cm³/mol. The smallest absolute Gasteiger partial charge is 0.193 e. The molecule has 0 bridgehead atoms. The molecule has 7 heteroatoms. The number of rotatable bonds is 1. The molecule has 14 heavy (non-hydrogen) atoms. The van der Waals surface area contributed by atoms with E-state index in [0.717, 1.165) is 13.1 Å². The van der Waals surface area contributed by atoms with E-state index in [1.54, 1.807) is 6.07 Å². The van der Waals surface area contributed by atoms with Crippen LogP contribution < -0.4 is 5.73 Å². The van der Waals surface area contributed by atoms with E-state index < -0.39 is 5.82 Å². The van der Waals surface area contributed by atoms with Crippen molar-refractivity contribution in [1.29, 1.82) is 0 Å². The molecule has 0 atom stereocenters. The first-order valence-corrected chi connectivity index (χ1v) is 5.94.